The molecule has 25 heavy (non-hydrogen) atoms. The number of hydrogen-bond donors (Lipinski definition) is 4. The zero-order valence-corrected chi connectivity index (χ0v) is 16.4. The molecule has 4 N–H and O–H groups in total. The summed E-state index contributed by atoms with van der Waals surface area (Å²) in [5, 5.41) is 39.5. The van der Waals surface area contributed by atoms with Crippen molar-refractivity contribution in [3.05, 3.63) is 10.1 Å². The van der Waals surface area contributed by atoms with Gasteiger partial charge in [0.1, 0.15) is 9.75 Å². The van der Waals surface area contributed by atoms with Crippen LogP contribution >= 0.6 is 69.6 Å². The number of hydrogen-bond acceptors (Lipinski definition) is 4. The Morgan fingerprint density at radius 2 is 1.04 bits per heavy atom. The van der Waals surface area contributed by atoms with Crippen LogP contribution in [0.1, 0.15) is 0 Å². The molecule has 0 aromatic rings. The Bertz CT molecular complexity index is 655. The van der Waals surface area contributed by atoms with Crippen LogP contribution in [0.2, 0.25) is 0 Å². The molecular weight excluding hydrogens is 465 g/mol. The molecule has 3 aliphatic carbocycles. The van der Waals surface area contributed by atoms with E-state index in [1.54, 1.807) is 0 Å². The van der Waals surface area contributed by atoms with Gasteiger partial charge in [0.05, 0.1) is 34.1 Å². The van der Waals surface area contributed by atoms with Crippen LogP contribution in [0, 0.1) is 23.7 Å². The minimum atomic E-state index is -2.13. The highest BCUT2D eigenvalue weighted by Gasteiger charge is 2.86. The van der Waals surface area contributed by atoms with E-state index < -0.39 is 61.9 Å². The molecule has 0 amide bonds. The molecule has 0 spiro atoms. The predicted molar refractivity (Wildman–Crippen MR) is 91.6 cm³/mol. The van der Waals surface area contributed by atoms with Gasteiger partial charge in [-0.25, -0.2) is 0 Å². The maximum Gasteiger partial charge on any atom is 0.310 e. The Hall–Kier alpha value is 0.340. The summed E-state index contributed by atoms with van der Waals surface area (Å²) in [6, 6.07) is 0. The number of aliphatic carboxylic acids is 2. The standard InChI is InChI=1S/C13H10Cl6O6/c14-7-8(15)12(17)4-3(11(7,16)13(12,18)19)5(20)1(9(22)23)2(6(4)21)10(24)25/h1-6,20-21H,(H,22,23)(H,24,25). The van der Waals surface area contributed by atoms with E-state index in [1.807, 2.05) is 0 Å². The van der Waals surface area contributed by atoms with Crippen molar-refractivity contribution < 1.29 is 30.0 Å². The molecule has 0 aromatic carbocycles. The molecule has 0 aromatic heterocycles. The first-order chi connectivity index (χ1) is 11.3. The number of halogens is 6. The van der Waals surface area contributed by atoms with Crippen molar-refractivity contribution in [2.45, 2.75) is 26.3 Å². The van der Waals surface area contributed by atoms with Gasteiger partial charge in [-0.1, -0.05) is 46.4 Å². The highest BCUT2D eigenvalue weighted by Crippen LogP contribution is 2.78. The first kappa shape index (κ1) is 20.1. The van der Waals surface area contributed by atoms with Crippen LogP contribution in [-0.2, 0) is 9.59 Å². The Morgan fingerprint density at radius 1 is 0.760 bits per heavy atom. The summed E-state index contributed by atoms with van der Waals surface area (Å²) in [4.78, 5) is 19.1. The van der Waals surface area contributed by atoms with E-state index in [2.05, 4.69) is 0 Å². The molecule has 8 unspecified atom stereocenters. The van der Waals surface area contributed by atoms with Crippen molar-refractivity contribution in [3.63, 3.8) is 0 Å². The summed E-state index contributed by atoms with van der Waals surface area (Å²) < 4.78 is -2.13. The van der Waals surface area contributed by atoms with Crippen LogP contribution in [0.5, 0.6) is 0 Å². The number of aliphatic hydroxyl groups excluding tert-OH is 2. The van der Waals surface area contributed by atoms with Gasteiger partial charge in [0.25, 0.3) is 0 Å². The van der Waals surface area contributed by atoms with E-state index in [0.29, 0.717) is 0 Å². The highest BCUT2D eigenvalue weighted by atomic mass is 35.5. The third kappa shape index (κ3) is 1.98. The van der Waals surface area contributed by atoms with Crippen LogP contribution in [0.3, 0.4) is 0 Å². The fourth-order valence-electron chi connectivity index (χ4n) is 4.43. The maximum absolute atomic E-state index is 11.6. The first-order valence-corrected chi connectivity index (χ1v) is 9.18. The molecule has 3 rings (SSSR count). The largest absolute Gasteiger partial charge is 0.481 e. The average Bonchev–Trinajstić information content (AvgIpc) is 2.70. The van der Waals surface area contributed by atoms with Crippen LogP contribution in [-0.4, -0.2) is 58.7 Å². The van der Waals surface area contributed by atoms with E-state index in [0.717, 1.165) is 0 Å². The lowest BCUT2D eigenvalue weighted by Crippen LogP contribution is -2.62. The van der Waals surface area contributed by atoms with Crippen LogP contribution in [0.4, 0.5) is 0 Å². The fourth-order valence-corrected chi connectivity index (χ4v) is 7.50. The Morgan fingerprint density at radius 3 is 1.28 bits per heavy atom. The lowest BCUT2D eigenvalue weighted by molar-refractivity contribution is -0.182. The molecule has 3 aliphatic rings. The summed E-state index contributed by atoms with van der Waals surface area (Å²) in [5.41, 5.74) is 0. The second kappa shape index (κ2) is 5.67. The first-order valence-electron chi connectivity index (χ1n) is 6.91. The molecule has 2 saturated carbocycles. The topological polar surface area (TPSA) is 115 Å². The Kier molecular flexibility index (Phi) is 4.56. The van der Waals surface area contributed by atoms with Gasteiger partial charge in [-0.2, -0.15) is 0 Å². The van der Waals surface area contributed by atoms with Crippen LogP contribution < -0.4 is 0 Å². The fraction of sp³-hybridized carbons (Fsp3) is 0.692. The minimum Gasteiger partial charge on any atom is -0.481 e. The second-order valence-corrected chi connectivity index (χ2v) is 9.66. The normalized spacial score (nSPS) is 50.7. The van der Waals surface area contributed by atoms with Gasteiger partial charge >= 0.3 is 11.9 Å². The van der Waals surface area contributed by atoms with Crippen molar-refractivity contribution in [2.24, 2.45) is 23.7 Å². The van der Waals surface area contributed by atoms with E-state index in [9.17, 15) is 30.0 Å². The lowest BCUT2D eigenvalue weighted by Gasteiger charge is -2.49. The van der Waals surface area contributed by atoms with Crippen molar-refractivity contribution in [3.8, 4) is 0 Å². The smallest absolute Gasteiger partial charge is 0.310 e. The summed E-state index contributed by atoms with van der Waals surface area (Å²) in [6.45, 7) is 0. The van der Waals surface area contributed by atoms with Crippen molar-refractivity contribution in [2.75, 3.05) is 0 Å². The highest BCUT2D eigenvalue weighted by molar-refractivity contribution is 6.65. The van der Waals surface area contributed by atoms with Crippen LogP contribution in [0.25, 0.3) is 0 Å². The van der Waals surface area contributed by atoms with E-state index in [1.165, 1.54) is 0 Å². The van der Waals surface area contributed by atoms with E-state index in [-0.39, 0.29) is 10.1 Å². The van der Waals surface area contributed by atoms with Crippen LogP contribution in [0.15, 0.2) is 10.1 Å². The summed E-state index contributed by atoms with van der Waals surface area (Å²) in [6.07, 6.45) is -3.69. The molecule has 0 saturated heterocycles. The van der Waals surface area contributed by atoms with Gasteiger partial charge in [0.15, 0.2) is 4.33 Å². The van der Waals surface area contributed by atoms with Gasteiger partial charge in [0, 0.05) is 11.8 Å². The molecule has 0 radical (unpaired) electrons. The summed E-state index contributed by atoms with van der Waals surface area (Å²) >= 11 is 38.0. The monoisotopic (exact) mass is 472 g/mol. The van der Waals surface area contributed by atoms with Gasteiger partial charge in [-0.05, 0) is 0 Å². The molecule has 8 atom stereocenters. The van der Waals surface area contributed by atoms with Gasteiger partial charge in [-0.15, -0.1) is 23.2 Å². The molecule has 2 bridgehead atoms. The van der Waals surface area contributed by atoms with Gasteiger partial charge < -0.3 is 20.4 Å². The number of carbonyl (C=O) groups is 2. The molecule has 6 nitrogen and oxygen atoms in total. The number of aliphatic hydroxyl groups is 2. The third-order valence-electron chi connectivity index (χ3n) is 5.48. The SMILES string of the molecule is O=C(O)C1C(O)C2C(C(O)C1C(=O)O)C1(Cl)C(Cl)=C(Cl)C2(Cl)C1(Cl)Cl. The molecular formula is C13H10Cl6O6. The maximum atomic E-state index is 11.6. The summed E-state index contributed by atoms with van der Waals surface area (Å²) in [5.74, 6) is -9.71. The van der Waals surface area contributed by atoms with E-state index >= 15 is 0 Å². The Labute approximate surface area is 171 Å². The zero-order valence-electron chi connectivity index (χ0n) is 11.8. The Balaban J connectivity index is 2.29. The number of carboxylic acid groups (broad SMARTS) is 2. The number of rotatable bonds is 2. The minimum absolute atomic E-state index is 0.277. The van der Waals surface area contributed by atoms with E-state index in [4.69, 9.17) is 69.6 Å². The van der Waals surface area contributed by atoms with Crippen molar-refractivity contribution >= 4 is 81.5 Å². The molecule has 2 fully saturated rings. The summed E-state index contributed by atoms with van der Waals surface area (Å²) in [7, 11) is 0. The molecule has 0 aliphatic heterocycles. The predicted octanol–water partition coefficient (Wildman–Crippen LogP) is 2.20. The molecule has 0 heterocycles. The average molecular weight is 475 g/mol. The number of allylic oxidation sites excluding steroid dienone is 2. The number of fused-ring (bicyclic) bond motifs is 5. The molecule has 12 heteroatoms. The molecule has 140 valence electrons. The second-order valence-electron chi connectivity index (χ2n) is 6.39. The van der Waals surface area contributed by atoms with Gasteiger partial charge in [0.2, 0.25) is 0 Å². The zero-order chi connectivity index (χ0) is 19.3. The van der Waals surface area contributed by atoms with Crippen molar-refractivity contribution in [1.29, 1.82) is 0 Å². The lowest BCUT2D eigenvalue weighted by atomic mass is 9.61. The third-order valence-corrected chi connectivity index (χ3v) is 9.77. The quantitative estimate of drug-likeness (QED) is 0.456. The van der Waals surface area contributed by atoms with Gasteiger partial charge in [-0.3, -0.25) is 9.59 Å². The van der Waals surface area contributed by atoms with Crippen molar-refractivity contribution in [1.82, 2.24) is 0 Å². The number of alkyl halides is 4. The number of carboxylic acids is 2.